The number of nitrogens with zero attached hydrogens (tertiary/aromatic N) is 2. The molecule has 1 aliphatic rings. The maximum absolute atomic E-state index is 12.2. The summed E-state index contributed by atoms with van der Waals surface area (Å²) in [6, 6.07) is -0.663. The molecule has 0 aliphatic carbocycles. The Bertz CT molecular complexity index is 562. The molecule has 2 heterocycles. The summed E-state index contributed by atoms with van der Waals surface area (Å²) in [5.41, 5.74) is 1.83. The molecule has 0 saturated carbocycles. The maximum atomic E-state index is 12.2. The van der Waals surface area contributed by atoms with Gasteiger partial charge in [-0.3, -0.25) is 24.4 Å². The first kappa shape index (κ1) is 13.3. The van der Waals surface area contributed by atoms with Crippen LogP contribution < -0.4 is 10.6 Å². The van der Waals surface area contributed by atoms with Crippen LogP contribution in [0, 0.1) is 13.8 Å². The number of carbonyl (C=O) groups is 3. The molecule has 1 saturated heterocycles. The maximum Gasteiger partial charge on any atom is 0.255 e. The lowest BCUT2D eigenvalue weighted by molar-refractivity contribution is -0.134. The number of rotatable bonds is 2. The van der Waals surface area contributed by atoms with E-state index in [-0.39, 0.29) is 18.2 Å². The van der Waals surface area contributed by atoms with Crippen molar-refractivity contribution in [1.29, 1.82) is 0 Å². The van der Waals surface area contributed by atoms with Crippen LogP contribution in [0.4, 0.5) is 0 Å². The molecule has 102 valence electrons. The topological polar surface area (TPSA) is 93.1 Å². The number of aromatic nitrogens is 2. The predicted octanol–water partition coefficient (Wildman–Crippen LogP) is -0.428. The summed E-state index contributed by atoms with van der Waals surface area (Å²) >= 11 is 0. The summed E-state index contributed by atoms with van der Waals surface area (Å²) in [5, 5.41) is 9.01. The van der Waals surface area contributed by atoms with Crippen LogP contribution in [0.25, 0.3) is 0 Å². The number of imide groups is 1. The Morgan fingerprint density at radius 3 is 2.63 bits per heavy atom. The van der Waals surface area contributed by atoms with Gasteiger partial charge in [-0.25, -0.2) is 0 Å². The highest BCUT2D eigenvalue weighted by Crippen LogP contribution is 2.13. The van der Waals surface area contributed by atoms with Gasteiger partial charge in [-0.05, 0) is 20.3 Å². The molecule has 1 fully saturated rings. The average molecular weight is 264 g/mol. The zero-order valence-corrected chi connectivity index (χ0v) is 11.1. The molecule has 0 spiro atoms. The smallest absolute Gasteiger partial charge is 0.255 e. The van der Waals surface area contributed by atoms with E-state index in [1.807, 2.05) is 0 Å². The van der Waals surface area contributed by atoms with Crippen LogP contribution in [0.3, 0.4) is 0 Å². The van der Waals surface area contributed by atoms with Crippen molar-refractivity contribution < 1.29 is 14.4 Å². The molecular formula is C12H16N4O3. The molecule has 7 heteroatoms. The van der Waals surface area contributed by atoms with E-state index in [4.69, 9.17) is 0 Å². The van der Waals surface area contributed by atoms with Crippen LogP contribution in [-0.4, -0.2) is 33.5 Å². The zero-order valence-electron chi connectivity index (χ0n) is 11.1. The van der Waals surface area contributed by atoms with Crippen LogP contribution in [0.2, 0.25) is 0 Å². The Kier molecular flexibility index (Phi) is 3.37. The molecule has 1 aliphatic heterocycles. The lowest BCUT2D eigenvalue weighted by atomic mass is 10.1. The van der Waals surface area contributed by atoms with Gasteiger partial charge in [-0.1, -0.05) is 0 Å². The molecule has 7 nitrogen and oxygen atoms in total. The second-order valence-corrected chi connectivity index (χ2v) is 4.65. The lowest BCUT2D eigenvalue weighted by Gasteiger charge is -2.21. The number of amides is 3. The van der Waals surface area contributed by atoms with Crippen LogP contribution in [0.15, 0.2) is 0 Å². The summed E-state index contributed by atoms with van der Waals surface area (Å²) in [7, 11) is 1.76. The van der Waals surface area contributed by atoms with Gasteiger partial charge in [0.25, 0.3) is 5.91 Å². The summed E-state index contributed by atoms with van der Waals surface area (Å²) < 4.78 is 1.62. The number of nitrogens with one attached hydrogen (secondary N) is 2. The first-order valence-electron chi connectivity index (χ1n) is 6.05. The summed E-state index contributed by atoms with van der Waals surface area (Å²) in [6.45, 7) is 3.53. The van der Waals surface area contributed by atoms with Gasteiger partial charge in [-0.2, -0.15) is 5.10 Å². The molecule has 0 radical (unpaired) electrons. The molecule has 2 N–H and O–H groups in total. The largest absolute Gasteiger partial charge is 0.340 e. The molecule has 1 aromatic heterocycles. The fourth-order valence-electron chi connectivity index (χ4n) is 2.16. The summed E-state index contributed by atoms with van der Waals surface area (Å²) in [5.74, 6) is -1.09. The van der Waals surface area contributed by atoms with E-state index in [1.165, 1.54) is 0 Å². The van der Waals surface area contributed by atoms with E-state index in [0.717, 1.165) is 5.69 Å². The van der Waals surface area contributed by atoms with Gasteiger partial charge in [0, 0.05) is 19.2 Å². The Labute approximate surface area is 110 Å². The summed E-state index contributed by atoms with van der Waals surface area (Å²) in [6.07, 6.45) is 0.566. The van der Waals surface area contributed by atoms with Crippen LogP contribution in [0.5, 0.6) is 0 Å². The van der Waals surface area contributed by atoms with Crippen molar-refractivity contribution in [2.45, 2.75) is 32.7 Å². The van der Waals surface area contributed by atoms with Gasteiger partial charge in [0.2, 0.25) is 11.8 Å². The van der Waals surface area contributed by atoms with Crippen molar-refractivity contribution >= 4 is 17.7 Å². The SMILES string of the molecule is Cc1nn(C)c(C)c1C(=O)NC1CCC(=O)NC1=O. The molecule has 0 aromatic carbocycles. The van der Waals surface area contributed by atoms with Crippen molar-refractivity contribution in [3.05, 3.63) is 17.0 Å². The molecule has 3 amide bonds. The predicted molar refractivity (Wildman–Crippen MR) is 66.3 cm³/mol. The van der Waals surface area contributed by atoms with E-state index in [9.17, 15) is 14.4 Å². The third-order valence-electron chi connectivity index (χ3n) is 3.28. The van der Waals surface area contributed by atoms with E-state index in [0.29, 0.717) is 17.7 Å². The number of hydrogen-bond acceptors (Lipinski definition) is 4. The van der Waals surface area contributed by atoms with Gasteiger partial charge >= 0.3 is 0 Å². The highest BCUT2D eigenvalue weighted by atomic mass is 16.2. The normalized spacial score (nSPS) is 19.2. The third-order valence-corrected chi connectivity index (χ3v) is 3.28. The number of carbonyl (C=O) groups excluding carboxylic acids is 3. The minimum absolute atomic E-state index is 0.238. The van der Waals surface area contributed by atoms with Gasteiger partial charge in [0.15, 0.2) is 0 Å². The van der Waals surface area contributed by atoms with Gasteiger partial charge in [0.05, 0.1) is 11.3 Å². The number of hydrogen-bond donors (Lipinski definition) is 2. The Morgan fingerprint density at radius 1 is 1.42 bits per heavy atom. The van der Waals surface area contributed by atoms with Crippen molar-refractivity contribution in [2.75, 3.05) is 0 Å². The van der Waals surface area contributed by atoms with Gasteiger partial charge in [0.1, 0.15) is 6.04 Å². The highest BCUT2D eigenvalue weighted by Gasteiger charge is 2.29. The third kappa shape index (κ3) is 2.49. The number of aryl methyl sites for hydroxylation is 2. The molecule has 1 aromatic rings. The quantitative estimate of drug-likeness (QED) is 0.709. The van der Waals surface area contributed by atoms with Crippen molar-refractivity contribution in [1.82, 2.24) is 20.4 Å². The molecule has 2 rings (SSSR count). The molecule has 19 heavy (non-hydrogen) atoms. The van der Waals surface area contributed by atoms with E-state index < -0.39 is 11.9 Å². The fourth-order valence-corrected chi connectivity index (χ4v) is 2.16. The van der Waals surface area contributed by atoms with E-state index in [2.05, 4.69) is 15.7 Å². The zero-order chi connectivity index (χ0) is 14.2. The Hall–Kier alpha value is -2.18. The van der Waals surface area contributed by atoms with Crippen LogP contribution in [-0.2, 0) is 16.6 Å². The molecule has 1 atom stereocenters. The second kappa shape index (κ2) is 4.83. The second-order valence-electron chi connectivity index (χ2n) is 4.65. The monoisotopic (exact) mass is 264 g/mol. The first-order valence-corrected chi connectivity index (χ1v) is 6.05. The van der Waals surface area contributed by atoms with Gasteiger partial charge in [-0.15, -0.1) is 0 Å². The molecular weight excluding hydrogens is 248 g/mol. The standard InChI is InChI=1S/C12H16N4O3/c1-6-10(7(2)16(3)15-6)12(19)13-8-4-5-9(17)14-11(8)18/h8H,4-5H2,1-3H3,(H,13,19)(H,14,17,18). The fraction of sp³-hybridized carbons (Fsp3) is 0.500. The Balaban J connectivity index is 2.13. The average Bonchev–Trinajstić information content (AvgIpc) is 2.57. The van der Waals surface area contributed by atoms with Crippen molar-refractivity contribution in [3.63, 3.8) is 0 Å². The van der Waals surface area contributed by atoms with Crippen LogP contribution >= 0.6 is 0 Å². The van der Waals surface area contributed by atoms with Crippen molar-refractivity contribution in [2.24, 2.45) is 7.05 Å². The number of piperidine rings is 1. The highest BCUT2D eigenvalue weighted by molar-refractivity contribution is 6.04. The van der Waals surface area contributed by atoms with Crippen LogP contribution in [0.1, 0.15) is 34.6 Å². The first-order chi connectivity index (χ1) is 8.90. The van der Waals surface area contributed by atoms with Gasteiger partial charge < -0.3 is 5.32 Å². The Morgan fingerprint density at radius 2 is 2.11 bits per heavy atom. The lowest BCUT2D eigenvalue weighted by Crippen LogP contribution is -2.52. The molecule has 0 bridgehead atoms. The minimum Gasteiger partial charge on any atom is -0.340 e. The molecule has 1 unspecified atom stereocenters. The van der Waals surface area contributed by atoms with E-state index >= 15 is 0 Å². The van der Waals surface area contributed by atoms with E-state index in [1.54, 1.807) is 25.6 Å². The van der Waals surface area contributed by atoms with Crippen molar-refractivity contribution in [3.8, 4) is 0 Å². The summed E-state index contributed by atoms with van der Waals surface area (Å²) in [4.78, 5) is 34.8. The minimum atomic E-state index is -0.663.